The van der Waals surface area contributed by atoms with Crippen molar-refractivity contribution in [2.75, 3.05) is 5.32 Å². The molecule has 0 aromatic heterocycles. The molecule has 0 unspecified atom stereocenters. The van der Waals surface area contributed by atoms with E-state index in [1.807, 2.05) is 24.3 Å². The van der Waals surface area contributed by atoms with Crippen LogP contribution in [0.15, 0.2) is 103 Å². The summed E-state index contributed by atoms with van der Waals surface area (Å²) in [6.45, 7) is 6.77. The minimum Gasteiger partial charge on any atom is -0.356 e. The molecule has 1 N–H and O–H groups in total. The number of hydrogen-bond acceptors (Lipinski definition) is 1. The van der Waals surface area contributed by atoms with Crippen LogP contribution in [0.5, 0.6) is 0 Å². The average molecular weight is 392 g/mol. The van der Waals surface area contributed by atoms with Gasteiger partial charge in [0.15, 0.2) is 0 Å². The van der Waals surface area contributed by atoms with Crippen molar-refractivity contribution >= 4 is 11.4 Å². The number of fused-ring (bicyclic) bond motifs is 3. The molecule has 0 bridgehead atoms. The van der Waals surface area contributed by atoms with Gasteiger partial charge in [-0.05, 0) is 65.3 Å². The molecule has 0 saturated heterocycles. The zero-order chi connectivity index (χ0) is 21.0. The smallest absolute Gasteiger partial charge is 0.0387 e. The summed E-state index contributed by atoms with van der Waals surface area (Å²) in [5, 5.41) is 3.52. The van der Waals surface area contributed by atoms with Crippen LogP contribution in [0.2, 0.25) is 0 Å². The highest BCUT2D eigenvalue weighted by atomic mass is 14.9. The van der Waals surface area contributed by atoms with Gasteiger partial charge < -0.3 is 5.32 Å². The van der Waals surface area contributed by atoms with Gasteiger partial charge in [-0.1, -0.05) is 98.3 Å². The van der Waals surface area contributed by atoms with Gasteiger partial charge in [0.1, 0.15) is 0 Å². The van der Waals surface area contributed by atoms with E-state index in [1.165, 1.54) is 27.8 Å². The first kappa shape index (κ1) is 20.0. The Balaban J connectivity index is 0.000000265. The maximum Gasteiger partial charge on any atom is 0.0387 e. The van der Waals surface area contributed by atoms with Gasteiger partial charge in [-0.25, -0.2) is 0 Å². The molecule has 0 amide bonds. The fourth-order valence-electron chi connectivity index (χ4n) is 4.15. The van der Waals surface area contributed by atoms with Crippen LogP contribution in [0.3, 0.4) is 0 Å². The molecule has 1 heteroatoms. The second kappa shape index (κ2) is 8.59. The predicted octanol–water partition coefficient (Wildman–Crippen LogP) is 7.93. The fourth-order valence-corrected chi connectivity index (χ4v) is 4.15. The summed E-state index contributed by atoms with van der Waals surface area (Å²) in [5.74, 6) is 0. The minimum absolute atomic E-state index is 0.151. The normalized spacial score (nSPS) is 13.3. The van der Waals surface area contributed by atoms with Gasteiger partial charge in [-0.3, -0.25) is 0 Å². The van der Waals surface area contributed by atoms with Crippen molar-refractivity contribution in [1.82, 2.24) is 0 Å². The number of rotatable bonds is 2. The van der Waals surface area contributed by atoms with Crippen LogP contribution >= 0.6 is 0 Å². The number of hydrogen-bond donors (Lipinski definition) is 1. The molecule has 1 aliphatic carbocycles. The molecule has 150 valence electrons. The third kappa shape index (κ3) is 4.46. The van der Waals surface area contributed by atoms with Crippen molar-refractivity contribution in [1.29, 1.82) is 0 Å². The Kier molecular flexibility index (Phi) is 5.72. The molecule has 4 aromatic carbocycles. The standard InChI is InChI=1S/C22H21N.C7H8/c1-22(2)15-16-8-6-7-11-19(16)20-13-12-18(14-21(20)22)23-17-9-4-3-5-10-17;1-7-5-3-2-4-6-7/h3-14,23H,15H2,1-2H3;2-6H,1H3. The van der Waals surface area contributed by atoms with Crippen molar-refractivity contribution in [2.24, 2.45) is 0 Å². The molecule has 30 heavy (non-hydrogen) atoms. The monoisotopic (exact) mass is 391 g/mol. The first-order valence-electron chi connectivity index (χ1n) is 10.6. The first-order chi connectivity index (χ1) is 14.5. The van der Waals surface area contributed by atoms with Gasteiger partial charge in [-0.15, -0.1) is 0 Å². The Hall–Kier alpha value is -3.32. The summed E-state index contributed by atoms with van der Waals surface area (Å²) < 4.78 is 0. The molecular weight excluding hydrogens is 362 g/mol. The Morgan fingerprint density at radius 3 is 1.93 bits per heavy atom. The van der Waals surface area contributed by atoms with E-state index in [2.05, 4.69) is 105 Å². The molecule has 4 aromatic rings. The van der Waals surface area contributed by atoms with E-state index in [0.29, 0.717) is 0 Å². The van der Waals surface area contributed by atoms with E-state index >= 15 is 0 Å². The lowest BCUT2D eigenvalue weighted by atomic mass is 9.70. The fraction of sp³-hybridized carbons (Fsp3) is 0.172. The van der Waals surface area contributed by atoms with Crippen LogP contribution in [0.1, 0.15) is 30.5 Å². The highest BCUT2D eigenvalue weighted by Gasteiger charge is 2.30. The molecule has 0 radical (unpaired) electrons. The van der Waals surface area contributed by atoms with Crippen molar-refractivity contribution in [3.8, 4) is 11.1 Å². The summed E-state index contributed by atoms with van der Waals surface area (Å²) in [6.07, 6.45) is 1.09. The summed E-state index contributed by atoms with van der Waals surface area (Å²) in [4.78, 5) is 0. The lowest BCUT2D eigenvalue weighted by molar-refractivity contribution is 0.517. The second-order valence-corrected chi connectivity index (χ2v) is 8.62. The lowest BCUT2D eigenvalue weighted by Crippen LogP contribution is -2.25. The molecule has 0 heterocycles. The van der Waals surface area contributed by atoms with Gasteiger partial charge >= 0.3 is 0 Å². The number of anilines is 2. The van der Waals surface area contributed by atoms with Gasteiger partial charge in [0.05, 0.1) is 0 Å². The second-order valence-electron chi connectivity index (χ2n) is 8.62. The highest BCUT2D eigenvalue weighted by molar-refractivity contribution is 5.78. The topological polar surface area (TPSA) is 12.0 Å². The summed E-state index contributed by atoms with van der Waals surface area (Å²) in [5.41, 5.74) is 9.39. The quantitative estimate of drug-likeness (QED) is 0.366. The summed E-state index contributed by atoms with van der Waals surface area (Å²) >= 11 is 0. The van der Waals surface area contributed by atoms with Crippen LogP contribution in [0.25, 0.3) is 11.1 Å². The van der Waals surface area contributed by atoms with E-state index in [-0.39, 0.29) is 5.41 Å². The third-order valence-electron chi connectivity index (χ3n) is 5.69. The Morgan fingerprint density at radius 1 is 0.633 bits per heavy atom. The minimum atomic E-state index is 0.151. The van der Waals surface area contributed by atoms with Crippen LogP contribution in [0.4, 0.5) is 11.4 Å². The third-order valence-corrected chi connectivity index (χ3v) is 5.69. The molecule has 0 atom stereocenters. The van der Waals surface area contributed by atoms with Crippen LogP contribution in [-0.4, -0.2) is 0 Å². The zero-order valence-electron chi connectivity index (χ0n) is 18.0. The summed E-state index contributed by atoms with van der Waals surface area (Å²) in [6, 6.07) is 36.2. The van der Waals surface area contributed by atoms with E-state index in [1.54, 1.807) is 0 Å². The molecule has 0 aliphatic heterocycles. The maximum absolute atomic E-state index is 3.52. The van der Waals surface area contributed by atoms with Gasteiger partial charge in [0.25, 0.3) is 0 Å². The molecule has 1 nitrogen and oxygen atoms in total. The zero-order valence-corrected chi connectivity index (χ0v) is 18.0. The van der Waals surface area contributed by atoms with Crippen molar-refractivity contribution in [3.63, 3.8) is 0 Å². The first-order valence-corrected chi connectivity index (χ1v) is 10.6. The van der Waals surface area contributed by atoms with E-state index < -0.39 is 0 Å². The molecule has 0 saturated carbocycles. The SMILES string of the molecule is CC1(C)Cc2ccccc2-c2ccc(Nc3ccccc3)cc21.Cc1ccccc1. The Morgan fingerprint density at radius 2 is 1.27 bits per heavy atom. The van der Waals surface area contributed by atoms with E-state index in [9.17, 15) is 0 Å². The van der Waals surface area contributed by atoms with Gasteiger partial charge in [0, 0.05) is 11.4 Å². The van der Waals surface area contributed by atoms with Crippen molar-refractivity contribution in [3.05, 3.63) is 120 Å². The number of para-hydroxylation sites is 1. The predicted molar refractivity (Wildman–Crippen MR) is 130 cm³/mol. The van der Waals surface area contributed by atoms with Crippen molar-refractivity contribution < 1.29 is 0 Å². The molecule has 1 aliphatic rings. The number of nitrogens with one attached hydrogen (secondary N) is 1. The van der Waals surface area contributed by atoms with Gasteiger partial charge in [-0.2, -0.15) is 0 Å². The number of aryl methyl sites for hydroxylation is 1. The maximum atomic E-state index is 3.52. The van der Waals surface area contributed by atoms with Crippen LogP contribution < -0.4 is 5.32 Å². The molecular formula is C29H29N. The molecule has 0 spiro atoms. The summed E-state index contributed by atoms with van der Waals surface area (Å²) in [7, 11) is 0. The molecule has 0 fully saturated rings. The highest BCUT2D eigenvalue weighted by Crippen LogP contribution is 2.44. The van der Waals surface area contributed by atoms with Gasteiger partial charge in [0.2, 0.25) is 0 Å². The Labute approximate surface area is 180 Å². The largest absolute Gasteiger partial charge is 0.356 e. The lowest BCUT2D eigenvalue weighted by Gasteiger charge is -2.34. The Bertz CT molecular complexity index is 1110. The van der Waals surface area contributed by atoms with Crippen LogP contribution in [0, 0.1) is 6.92 Å². The number of benzene rings is 4. The van der Waals surface area contributed by atoms with Crippen molar-refractivity contribution in [2.45, 2.75) is 32.6 Å². The molecule has 5 rings (SSSR count). The van der Waals surface area contributed by atoms with E-state index in [0.717, 1.165) is 17.8 Å². The average Bonchev–Trinajstić information content (AvgIpc) is 2.75. The van der Waals surface area contributed by atoms with Crippen LogP contribution in [-0.2, 0) is 11.8 Å². The van der Waals surface area contributed by atoms with E-state index in [4.69, 9.17) is 0 Å².